The van der Waals surface area contributed by atoms with E-state index in [-0.39, 0.29) is 11.9 Å². The maximum atomic E-state index is 13.0. The van der Waals surface area contributed by atoms with Crippen molar-refractivity contribution in [2.75, 3.05) is 32.1 Å². The third kappa shape index (κ3) is 5.99. The highest BCUT2D eigenvalue weighted by Crippen LogP contribution is 2.35. The number of anilines is 1. The molecule has 0 unspecified atom stereocenters. The van der Waals surface area contributed by atoms with Gasteiger partial charge in [-0.1, -0.05) is 48.5 Å². The minimum absolute atomic E-state index is 0.172. The fourth-order valence-corrected chi connectivity index (χ4v) is 4.42. The van der Waals surface area contributed by atoms with Gasteiger partial charge in [-0.2, -0.15) is 13.2 Å². The third-order valence-corrected chi connectivity index (χ3v) is 6.49. The van der Waals surface area contributed by atoms with Gasteiger partial charge in [-0.25, -0.2) is 0 Å². The summed E-state index contributed by atoms with van der Waals surface area (Å²) >= 11 is 0. The summed E-state index contributed by atoms with van der Waals surface area (Å²) in [5.74, 6) is 0.605. The number of nitrogens with one attached hydrogen (secondary N) is 2. The van der Waals surface area contributed by atoms with E-state index in [2.05, 4.69) is 15.5 Å². The van der Waals surface area contributed by atoms with Crippen molar-refractivity contribution in [3.63, 3.8) is 0 Å². The standard InChI is InChI=1S/C28H30F3N3O2/c1-32-27(35)26(20-6-4-3-5-7-20)33-23(14-10-19-8-12-22(13-9-19)28(29,30)31)21-11-15-24-25(18-21)36-17-16-34(24)2/h3-9,11-13,15,18,23,26,33H,10,14,16-17H2,1-2H3,(H,32,35)/t23-,26-/m0/s1. The summed E-state index contributed by atoms with van der Waals surface area (Å²) in [5.41, 5.74) is 2.89. The SMILES string of the molecule is CNC(=O)[C@@H](N[C@@H](CCc1ccc(C(F)(F)F)cc1)c1ccc2c(c1)OCCN2C)c1ccccc1. The molecule has 1 amide bonds. The highest BCUT2D eigenvalue weighted by atomic mass is 19.4. The van der Waals surface area contributed by atoms with E-state index < -0.39 is 17.8 Å². The van der Waals surface area contributed by atoms with E-state index in [0.717, 1.165) is 46.8 Å². The first-order valence-corrected chi connectivity index (χ1v) is 11.9. The molecule has 8 heteroatoms. The molecule has 0 saturated heterocycles. The second kappa shape index (κ2) is 11.0. The van der Waals surface area contributed by atoms with Crippen LogP contribution in [-0.4, -0.2) is 33.2 Å². The van der Waals surface area contributed by atoms with Gasteiger partial charge in [0.15, 0.2) is 0 Å². The number of ether oxygens (including phenoxy) is 1. The Hall–Kier alpha value is -3.52. The second-order valence-corrected chi connectivity index (χ2v) is 8.91. The van der Waals surface area contributed by atoms with Crippen molar-refractivity contribution in [2.24, 2.45) is 0 Å². The number of rotatable bonds is 8. The number of carbonyl (C=O) groups is 1. The van der Waals surface area contributed by atoms with Crippen LogP contribution in [0.1, 0.15) is 40.8 Å². The molecule has 0 bridgehead atoms. The molecule has 0 aromatic heterocycles. The summed E-state index contributed by atoms with van der Waals surface area (Å²) in [6.45, 7) is 1.39. The Balaban J connectivity index is 1.62. The monoisotopic (exact) mass is 497 g/mol. The van der Waals surface area contributed by atoms with Crippen LogP contribution in [0.2, 0.25) is 0 Å². The van der Waals surface area contributed by atoms with E-state index in [9.17, 15) is 18.0 Å². The summed E-state index contributed by atoms with van der Waals surface area (Å²) in [7, 11) is 3.61. The third-order valence-electron chi connectivity index (χ3n) is 6.49. The molecule has 2 N–H and O–H groups in total. The average molecular weight is 498 g/mol. The Morgan fingerprint density at radius 2 is 1.75 bits per heavy atom. The molecule has 5 nitrogen and oxygen atoms in total. The Morgan fingerprint density at radius 1 is 1.03 bits per heavy atom. The largest absolute Gasteiger partial charge is 0.490 e. The normalized spacial score (nSPS) is 15.0. The Bertz CT molecular complexity index is 1170. The molecule has 3 aromatic rings. The quantitative estimate of drug-likeness (QED) is 0.445. The van der Waals surface area contributed by atoms with Gasteiger partial charge in [0.25, 0.3) is 0 Å². The topological polar surface area (TPSA) is 53.6 Å². The van der Waals surface area contributed by atoms with Crippen LogP contribution in [0.5, 0.6) is 5.75 Å². The molecule has 4 rings (SSSR count). The molecule has 3 aromatic carbocycles. The molecule has 0 fully saturated rings. The van der Waals surface area contributed by atoms with E-state index in [0.29, 0.717) is 19.4 Å². The maximum absolute atomic E-state index is 13.0. The first-order chi connectivity index (χ1) is 17.3. The molecule has 36 heavy (non-hydrogen) atoms. The zero-order valence-electron chi connectivity index (χ0n) is 20.3. The molecule has 190 valence electrons. The van der Waals surface area contributed by atoms with Gasteiger partial charge in [0.1, 0.15) is 18.4 Å². The number of hydrogen-bond donors (Lipinski definition) is 2. The van der Waals surface area contributed by atoms with Crippen molar-refractivity contribution in [2.45, 2.75) is 31.1 Å². The summed E-state index contributed by atoms with van der Waals surface area (Å²) in [6, 6.07) is 19.8. The maximum Gasteiger partial charge on any atom is 0.416 e. The number of halogens is 3. The molecule has 1 aliphatic rings. The molecule has 1 heterocycles. The van der Waals surface area contributed by atoms with Crippen molar-refractivity contribution < 1.29 is 22.7 Å². The zero-order chi connectivity index (χ0) is 25.7. The van der Waals surface area contributed by atoms with E-state index >= 15 is 0 Å². The van der Waals surface area contributed by atoms with E-state index in [1.807, 2.05) is 55.6 Å². The fraction of sp³-hybridized carbons (Fsp3) is 0.321. The number of benzene rings is 3. The van der Waals surface area contributed by atoms with Gasteiger partial charge in [-0.05, 0) is 53.8 Å². The number of amides is 1. The minimum Gasteiger partial charge on any atom is -0.490 e. The highest BCUT2D eigenvalue weighted by molar-refractivity contribution is 5.83. The molecule has 0 spiro atoms. The van der Waals surface area contributed by atoms with Crippen LogP contribution >= 0.6 is 0 Å². The molecule has 0 saturated carbocycles. The van der Waals surface area contributed by atoms with Crippen molar-refractivity contribution in [3.05, 3.63) is 95.1 Å². The number of carbonyl (C=O) groups excluding carboxylic acids is 1. The van der Waals surface area contributed by atoms with Crippen LogP contribution in [0.25, 0.3) is 0 Å². The van der Waals surface area contributed by atoms with Crippen LogP contribution < -0.4 is 20.3 Å². The van der Waals surface area contributed by atoms with Crippen LogP contribution in [0, 0.1) is 0 Å². The Kier molecular flexibility index (Phi) is 7.84. The lowest BCUT2D eigenvalue weighted by Gasteiger charge is -2.30. The summed E-state index contributed by atoms with van der Waals surface area (Å²) in [6.07, 6.45) is -3.27. The highest BCUT2D eigenvalue weighted by Gasteiger charge is 2.30. The molecule has 0 aliphatic carbocycles. The van der Waals surface area contributed by atoms with Crippen LogP contribution in [0.15, 0.2) is 72.8 Å². The molecule has 1 aliphatic heterocycles. The molecule has 0 radical (unpaired) electrons. The Labute approximate surface area is 209 Å². The Morgan fingerprint density at radius 3 is 2.42 bits per heavy atom. The number of aryl methyl sites for hydroxylation is 1. The van der Waals surface area contributed by atoms with Gasteiger partial charge in [-0.15, -0.1) is 0 Å². The molecular formula is C28H30F3N3O2. The summed E-state index contributed by atoms with van der Waals surface area (Å²) < 4.78 is 44.8. The van der Waals surface area contributed by atoms with Gasteiger partial charge >= 0.3 is 6.18 Å². The van der Waals surface area contributed by atoms with Crippen molar-refractivity contribution >= 4 is 11.6 Å². The first-order valence-electron chi connectivity index (χ1n) is 11.9. The van der Waals surface area contributed by atoms with Crippen LogP contribution in [0.3, 0.4) is 0 Å². The average Bonchev–Trinajstić information content (AvgIpc) is 2.88. The fourth-order valence-electron chi connectivity index (χ4n) is 4.42. The minimum atomic E-state index is -4.37. The lowest BCUT2D eigenvalue weighted by molar-refractivity contribution is -0.137. The van der Waals surface area contributed by atoms with Gasteiger partial charge in [-0.3, -0.25) is 10.1 Å². The number of alkyl halides is 3. The van der Waals surface area contributed by atoms with Gasteiger partial charge in [0.05, 0.1) is 17.8 Å². The summed E-state index contributed by atoms with van der Waals surface area (Å²) in [5, 5.41) is 6.23. The molecule has 2 atom stereocenters. The van der Waals surface area contributed by atoms with E-state index in [4.69, 9.17) is 4.74 Å². The van der Waals surface area contributed by atoms with Gasteiger partial charge < -0.3 is 15.0 Å². The zero-order valence-corrected chi connectivity index (χ0v) is 20.3. The second-order valence-electron chi connectivity index (χ2n) is 8.91. The first kappa shape index (κ1) is 25.6. The summed E-state index contributed by atoms with van der Waals surface area (Å²) in [4.78, 5) is 15.0. The van der Waals surface area contributed by atoms with E-state index in [1.54, 1.807) is 7.05 Å². The van der Waals surface area contributed by atoms with Gasteiger partial charge in [0.2, 0.25) is 5.91 Å². The van der Waals surface area contributed by atoms with Crippen LogP contribution in [0.4, 0.5) is 18.9 Å². The van der Waals surface area contributed by atoms with Crippen molar-refractivity contribution in [1.82, 2.24) is 10.6 Å². The lowest BCUT2D eigenvalue weighted by atomic mass is 9.95. The lowest BCUT2D eigenvalue weighted by Crippen LogP contribution is -2.38. The predicted octanol–water partition coefficient (Wildman–Crippen LogP) is 5.28. The van der Waals surface area contributed by atoms with Crippen LogP contribution in [-0.2, 0) is 17.4 Å². The van der Waals surface area contributed by atoms with Crippen molar-refractivity contribution in [3.8, 4) is 5.75 Å². The molecular weight excluding hydrogens is 467 g/mol. The number of nitrogens with zero attached hydrogens (tertiary/aromatic N) is 1. The predicted molar refractivity (Wildman–Crippen MR) is 134 cm³/mol. The number of hydrogen-bond acceptors (Lipinski definition) is 4. The van der Waals surface area contributed by atoms with E-state index in [1.165, 1.54) is 12.1 Å². The van der Waals surface area contributed by atoms with Gasteiger partial charge in [0, 0.05) is 20.1 Å². The van der Waals surface area contributed by atoms with Crippen molar-refractivity contribution in [1.29, 1.82) is 0 Å². The number of likely N-dealkylation sites (N-methyl/N-ethyl adjacent to an activating group) is 2. The number of fused-ring (bicyclic) bond motifs is 1. The smallest absolute Gasteiger partial charge is 0.416 e.